The molecule has 0 spiro atoms. The van der Waals surface area contributed by atoms with Crippen molar-refractivity contribution in [1.29, 1.82) is 0 Å². The average Bonchev–Trinajstić information content (AvgIpc) is 2.34. The Labute approximate surface area is 127 Å². The minimum atomic E-state index is -1.45. The molecule has 0 heterocycles. The SMILES string of the molecule is CCC(CC(=O)O)(CC(=O)O)C(CC)(CC(=O)O)CC(=O)O. The summed E-state index contributed by atoms with van der Waals surface area (Å²) in [7, 11) is 0. The van der Waals surface area contributed by atoms with Crippen molar-refractivity contribution in [3.63, 3.8) is 0 Å². The van der Waals surface area contributed by atoms with Gasteiger partial charge in [0.2, 0.25) is 0 Å². The molecule has 0 fully saturated rings. The maximum Gasteiger partial charge on any atom is 0.303 e. The maximum atomic E-state index is 11.2. The van der Waals surface area contributed by atoms with Crippen molar-refractivity contribution in [2.75, 3.05) is 0 Å². The van der Waals surface area contributed by atoms with Crippen molar-refractivity contribution in [1.82, 2.24) is 0 Å². The Balaban J connectivity index is 6.18. The average molecular weight is 318 g/mol. The van der Waals surface area contributed by atoms with Gasteiger partial charge in [0.05, 0.1) is 25.7 Å². The molecule has 0 radical (unpaired) electrons. The molecule has 0 saturated heterocycles. The first-order chi connectivity index (χ1) is 10.0. The van der Waals surface area contributed by atoms with E-state index in [2.05, 4.69) is 0 Å². The van der Waals surface area contributed by atoms with Crippen LogP contribution < -0.4 is 0 Å². The Bertz CT molecular complexity index is 380. The minimum absolute atomic E-state index is 0.0556. The van der Waals surface area contributed by atoms with E-state index in [1.54, 1.807) is 13.8 Å². The molecule has 0 aromatic rings. The van der Waals surface area contributed by atoms with E-state index in [1.165, 1.54) is 0 Å². The highest BCUT2D eigenvalue weighted by atomic mass is 16.4. The molecule has 8 heteroatoms. The minimum Gasteiger partial charge on any atom is -0.481 e. The first-order valence-corrected chi connectivity index (χ1v) is 6.91. The molecule has 0 unspecified atom stereocenters. The summed E-state index contributed by atoms with van der Waals surface area (Å²) in [6.07, 6.45) is -2.26. The Morgan fingerprint density at radius 2 is 0.773 bits per heavy atom. The summed E-state index contributed by atoms with van der Waals surface area (Å²) in [5, 5.41) is 36.5. The van der Waals surface area contributed by atoms with Crippen molar-refractivity contribution in [2.45, 2.75) is 52.4 Å². The highest BCUT2D eigenvalue weighted by Gasteiger charge is 2.53. The van der Waals surface area contributed by atoms with Gasteiger partial charge < -0.3 is 20.4 Å². The van der Waals surface area contributed by atoms with E-state index in [1.807, 2.05) is 0 Å². The monoisotopic (exact) mass is 318 g/mol. The van der Waals surface area contributed by atoms with Crippen molar-refractivity contribution in [2.24, 2.45) is 10.8 Å². The number of hydrogen-bond donors (Lipinski definition) is 4. The summed E-state index contributed by atoms with van der Waals surface area (Å²) in [6, 6.07) is 0. The summed E-state index contributed by atoms with van der Waals surface area (Å²) in [6.45, 7) is 3.11. The molecule has 0 saturated carbocycles. The van der Waals surface area contributed by atoms with Crippen LogP contribution in [0.15, 0.2) is 0 Å². The molecule has 0 aromatic heterocycles. The van der Waals surface area contributed by atoms with E-state index >= 15 is 0 Å². The number of carbonyl (C=O) groups is 4. The van der Waals surface area contributed by atoms with Crippen LogP contribution in [0, 0.1) is 10.8 Å². The molecule has 22 heavy (non-hydrogen) atoms. The standard InChI is InChI=1S/C14H22O8/c1-3-13(5-9(15)16,6-10(17)18)14(4-2,7-11(19)20)8-12(21)22/h3-8H2,1-2H3,(H,15,16)(H,17,18)(H,19,20)(H,21,22). The fraction of sp³-hybridized carbons (Fsp3) is 0.714. The molecule has 0 aliphatic heterocycles. The third-order valence-corrected chi connectivity index (χ3v) is 4.44. The van der Waals surface area contributed by atoms with E-state index in [0.29, 0.717) is 0 Å². The Kier molecular flexibility index (Phi) is 7.02. The van der Waals surface area contributed by atoms with Crippen molar-refractivity contribution < 1.29 is 39.6 Å². The second kappa shape index (κ2) is 7.77. The first-order valence-electron chi connectivity index (χ1n) is 6.91. The number of aliphatic carboxylic acids is 4. The largest absolute Gasteiger partial charge is 0.481 e. The van der Waals surface area contributed by atoms with Crippen LogP contribution in [-0.2, 0) is 19.2 Å². The third-order valence-electron chi connectivity index (χ3n) is 4.44. The lowest BCUT2D eigenvalue weighted by Crippen LogP contribution is -2.47. The topological polar surface area (TPSA) is 149 Å². The van der Waals surface area contributed by atoms with Crippen molar-refractivity contribution in [3.8, 4) is 0 Å². The summed E-state index contributed by atoms with van der Waals surface area (Å²) in [5.74, 6) is -5.12. The summed E-state index contributed by atoms with van der Waals surface area (Å²) in [5.41, 5.74) is -2.90. The molecular weight excluding hydrogens is 296 g/mol. The van der Waals surface area contributed by atoms with Gasteiger partial charge in [0.15, 0.2) is 0 Å². The van der Waals surface area contributed by atoms with E-state index in [4.69, 9.17) is 20.4 Å². The van der Waals surface area contributed by atoms with Crippen LogP contribution in [0.25, 0.3) is 0 Å². The van der Waals surface area contributed by atoms with Crippen LogP contribution in [0.1, 0.15) is 52.4 Å². The summed E-state index contributed by atoms with van der Waals surface area (Å²) >= 11 is 0. The van der Waals surface area contributed by atoms with Crippen LogP contribution in [0.5, 0.6) is 0 Å². The zero-order valence-electron chi connectivity index (χ0n) is 12.7. The van der Waals surface area contributed by atoms with Gasteiger partial charge in [0.25, 0.3) is 0 Å². The van der Waals surface area contributed by atoms with Gasteiger partial charge >= 0.3 is 23.9 Å². The molecule has 126 valence electrons. The van der Waals surface area contributed by atoms with Crippen LogP contribution in [0.3, 0.4) is 0 Å². The van der Waals surface area contributed by atoms with Gasteiger partial charge in [-0.1, -0.05) is 13.8 Å². The van der Waals surface area contributed by atoms with Gasteiger partial charge in [0, 0.05) is 0 Å². The number of hydrogen-bond acceptors (Lipinski definition) is 4. The number of rotatable bonds is 11. The molecule has 0 aliphatic rings. The zero-order chi connectivity index (χ0) is 17.6. The van der Waals surface area contributed by atoms with Crippen LogP contribution in [-0.4, -0.2) is 44.3 Å². The van der Waals surface area contributed by atoms with E-state index in [-0.39, 0.29) is 12.8 Å². The molecule has 0 amide bonds. The molecule has 8 nitrogen and oxygen atoms in total. The highest BCUT2D eigenvalue weighted by molar-refractivity contribution is 5.76. The first kappa shape index (κ1) is 19.9. The molecule has 0 aromatic carbocycles. The molecule has 0 rings (SSSR count). The Morgan fingerprint density at radius 1 is 0.591 bits per heavy atom. The lowest BCUT2D eigenvalue weighted by Gasteiger charge is -2.48. The van der Waals surface area contributed by atoms with Crippen LogP contribution >= 0.6 is 0 Å². The normalized spacial score (nSPS) is 11.9. The van der Waals surface area contributed by atoms with E-state index in [0.717, 1.165) is 0 Å². The van der Waals surface area contributed by atoms with E-state index in [9.17, 15) is 19.2 Å². The second-order valence-electron chi connectivity index (χ2n) is 5.55. The summed E-state index contributed by atoms with van der Waals surface area (Å²) < 4.78 is 0. The fourth-order valence-corrected chi connectivity index (χ4v) is 3.28. The van der Waals surface area contributed by atoms with Crippen molar-refractivity contribution in [3.05, 3.63) is 0 Å². The molecule has 0 bridgehead atoms. The van der Waals surface area contributed by atoms with Gasteiger partial charge in [0.1, 0.15) is 0 Å². The van der Waals surface area contributed by atoms with Gasteiger partial charge in [-0.05, 0) is 23.7 Å². The molecule has 0 aliphatic carbocycles. The predicted octanol–water partition coefficient (Wildman–Crippen LogP) is 1.68. The molecule has 0 atom stereocenters. The smallest absolute Gasteiger partial charge is 0.303 e. The number of carboxylic acid groups (broad SMARTS) is 4. The molecular formula is C14H22O8. The van der Waals surface area contributed by atoms with Crippen molar-refractivity contribution >= 4 is 23.9 Å². The number of carboxylic acids is 4. The lowest BCUT2D eigenvalue weighted by molar-refractivity contribution is -0.162. The Hall–Kier alpha value is -2.12. The quantitative estimate of drug-likeness (QED) is 0.449. The van der Waals surface area contributed by atoms with Gasteiger partial charge in [-0.15, -0.1) is 0 Å². The van der Waals surface area contributed by atoms with Crippen LogP contribution in [0.4, 0.5) is 0 Å². The highest BCUT2D eigenvalue weighted by Crippen LogP contribution is 2.54. The Morgan fingerprint density at radius 3 is 0.864 bits per heavy atom. The second-order valence-corrected chi connectivity index (χ2v) is 5.55. The summed E-state index contributed by atoms with van der Waals surface area (Å²) in [4.78, 5) is 44.8. The molecule has 4 N–H and O–H groups in total. The fourth-order valence-electron chi connectivity index (χ4n) is 3.28. The lowest BCUT2D eigenvalue weighted by atomic mass is 9.54. The maximum absolute atomic E-state index is 11.2. The van der Waals surface area contributed by atoms with Gasteiger partial charge in [-0.25, -0.2) is 0 Å². The van der Waals surface area contributed by atoms with Crippen LogP contribution in [0.2, 0.25) is 0 Å². The third kappa shape index (κ3) is 4.71. The van der Waals surface area contributed by atoms with Gasteiger partial charge in [-0.3, -0.25) is 19.2 Å². The van der Waals surface area contributed by atoms with Gasteiger partial charge in [-0.2, -0.15) is 0 Å². The van der Waals surface area contributed by atoms with E-state index < -0.39 is 60.4 Å². The predicted molar refractivity (Wildman–Crippen MR) is 74.5 cm³/mol. The zero-order valence-corrected chi connectivity index (χ0v) is 12.7.